The molecule has 1 atom stereocenters. The summed E-state index contributed by atoms with van der Waals surface area (Å²) in [6.07, 6.45) is 5.92. The van der Waals surface area contributed by atoms with Gasteiger partial charge in [-0.05, 0) is 25.0 Å². The molecule has 15 heavy (non-hydrogen) atoms. The summed E-state index contributed by atoms with van der Waals surface area (Å²) in [6, 6.07) is 2.11. The van der Waals surface area contributed by atoms with Crippen molar-refractivity contribution in [1.82, 2.24) is 4.57 Å². The predicted octanol–water partition coefficient (Wildman–Crippen LogP) is 0.422. The molecule has 1 rings (SSSR count). The fourth-order valence-corrected chi connectivity index (χ4v) is 1.94. The van der Waals surface area contributed by atoms with Gasteiger partial charge in [-0.3, -0.25) is 0 Å². The van der Waals surface area contributed by atoms with Gasteiger partial charge in [-0.1, -0.05) is 0 Å². The first-order valence-corrected chi connectivity index (χ1v) is 7.01. The van der Waals surface area contributed by atoms with E-state index in [0.29, 0.717) is 6.54 Å². The molecule has 0 aliphatic carbocycles. The summed E-state index contributed by atoms with van der Waals surface area (Å²) in [5.74, 6) is 0.180. The zero-order valence-corrected chi connectivity index (χ0v) is 10.00. The summed E-state index contributed by atoms with van der Waals surface area (Å²) in [6.45, 7) is 2.46. The van der Waals surface area contributed by atoms with Gasteiger partial charge >= 0.3 is 0 Å². The molecule has 5 heteroatoms. The highest BCUT2D eigenvalue weighted by Crippen LogP contribution is 2.04. The Morgan fingerprint density at radius 1 is 1.53 bits per heavy atom. The van der Waals surface area contributed by atoms with Crippen molar-refractivity contribution in [2.24, 2.45) is 5.73 Å². The summed E-state index contributed by atoms with van der Waals surface area (Å²) in [4.78, 5) is 0. The Labute approximate surface area is 91.0 Å². The van der Waals surface area contributed by atoms with Gasteiger partial charge in [0.05, 0.1) is 5.75 Å². The Morgan fingerprint density at radius 2 is 2.20 bits per heavy atom. The lowest BCUT2D eigenvalue weighted by Gasteiger charge is -2.02. The molecule has 0 saturated heterocycles. The SMILES string of the molecule is CC(N)Cc1ccn(CCS(C)(=O)=O)c1. The summed E-state index contributed by atoms with van der Waals surface area (Å²) < 4.78 is 23.8. The average Bonchev–Trinajstić information content (AvgIpc) is 2.46. The van der Waals surface area contributed by atoms with E-state index >= 15 is 0 Å². The van der Waals surface area contributed by atoms with Crippen LogP contribution in [-0.2, 0) is 22.8 Å². The molecule has 0 radical (unpaired) electrons. The van der Waals surface area contributed by atoms with E-state index in [2.05, 4.69) is 0 Å². The van der Waals surface area contributed by atoms with Crippen LogP contribution >= 0.6 is 0 Å². The molecule has 86 valence electrons. The number of nitrogens with zero attached hydrogens (tertiary/aromatic N) is 1. The van der Waals surface area contributed by atoms with E-state index in [9.17, 15) is 8.42 Å². The number of hydrogen-bond acceptors (Lipinski definition) is 3. The van der Waals surface area contributed by atoms with Gasteiger partial charge in [0.25, 0.3) is 0 Å². The van der Waals surface area contributed by atoms with Gasteiger partial charge in [0.2, 0.25) is 0 Å². The van der Waals surface area contributed by atoms with E-state index in [1.54, 1.807) is 0 Å². The third-order valence-electron chi connectivity index (χ3n) is 2.09. The molecule has 1 heterocycles. The van der Waals surface area contributed by atoms with Crippen molar-refractivity contribution in [1.29, 1.82) is 0 Å². The minimum atomic E-state index is -2.88. The number of nitrogens with two attached hydrogens (primary N) is 1. The first-order valence-electron chi connectivity index (χ1n) is 4.95. The van der Waals surface area contributed by atoms with Crippen molar-refractivity contribution >= 4 is 9.84 Å². The zero-order valence-electron chi connectivity index (χ0n) is 9.18. The zero-order chi connectivity index (χ0) is 11.5. The molecule has 0 aromatic carbocycles. The highest BCUT2D eigenvalue weighted by atomic mass is 32.2. The fourth-order valence-electron chi connectivity index (χ4n) is 1.39. The molecule has 1 aromatic heterocycles. The summed E-state index contributed by atoms with van der Waals surface area (Å²) in [5.41, 5.74) is 6.82. The lowest BCUT2D eigenvalue weighted by molar-refractivity contribution is 0.594. The summed E-state index contributed by atoms with van der Waals surface area (Å²) in [7, 11) is -2.88. The van der Waals surface area contributed by atoms with Crippen LogP contribution in [0.25, 0.3) is 0 Å². The topological polar surface area (TPSA) is 65.1 Å². The Bertz CT molecular complexity index is 407. The molecule has 1 unspecified atom stereocenters. The maximum atomic E-state index is 11.0. The van der Waals surface area contributed by atoms with E-state index in [4.69, 9.17) is 5.73 Å². The molecule has 1 aromatic rings. The molecule has 0 aliphatic heterocycles. The molecule has 0 aliphatic rings. The normalized spacial score (nSPS) is 14.1. The van der Waals surface area contributed by atoms with E-state index in [1.807, 2.05) is 30.0 Å². The van der Waals surface area contributed by atoms with Crippen molar-refractivity contribution in [2.45, 2.75) is 25.9 Å². The largest absolute Gasteiger partial charge is 0.353 e. The van der Waals surface area contributed by atoms with Gasteiger partial charge < -0.3 is 10.3 Å². The van der Waals surface area contributed by atoms with Crippen molar-refractivity contribution in [3.63, 3.8) is 0 Å². The number of sulfone groups is 1. The van der Waals surface area contributed by atoms with Crippen LogP contribution in [0.4, 0.5) is 0 Å². The summed E-state index contributed by atoms with van der Waals surface area (Å²) in [5, 5.41) is 0. The van der Waals surface area contributed by atoms with Crippen LogP contribution < -0.4 is 5.73 Å². The van der Waals surface area contributed by atoms with Gasteiger partial charge in [0.1, 0.15) is 9.84 Å². The van der Waals surface area contributed by atoms with E-state index in [-0.39, 0.29) is 11.8 Å². The Hall–Kier alpha value is -0.810. The van der Waals surface area contributed by atoms with Crippen molar-refractivity contribution in [3.05, 3.63) is 24.0 Å². The first-order chi connectivity index (χ1) is 6.87. The van der Waals surface area contributed by atoms with Gasteiger partial charge in [-0.25, -0.2) is 8.42 Å². The van der Waals surface area contributed by atoms with Crippen LogP contribution in [0.3, 0.4) is 0 Å². The standard InChI is InChI=1S/C10H18N2O2S/c1-9(11)7-10-3-4-12(8-10)5-6-15(2,13)14/h3-4,8-9H,5-7,11H2,1-2H3. The molecule has 2 N–H and O–H groups in total. The minimum absolute atomic E-state index is 0.135. The lowest BCUT2D eigenvalue weighted by atomic mass is 10.1. The van der Waals surface area contributed by atoms with E-state index in [0.717, 1.165) is 12.0 Å². The Balaban J connectivity index is 2.53. The fraction of sp³-hybridized carbons (Fsp3) is 0.600. The van der Waals surface area contributed by atoms with Crippen molar-refractivity contribution in [3.8, 4) is 0 Å². The van der Waals surface area contributed by atoms with Gasteiger partial charge in [-0.15, -0.1) is 0 Å². The lowest BCUT2D eigenvalue weighted by Crippen LogP contribution is -2.17. The van der Waals surface area contributed by atoms with Crippen LogP contribution in [0.15, 0.2) is 18.5 Å². The van der Waals surface area contributed by atoms with Crippen LogP contribution in [0.1, 0.15) is 12.5 Å². The molecular weight excluding hydrogens is 212 g/mol. The number of aryl methyl sites for hydroxylation is 1. The number of rotatable bonds is 5. The quantitative estimate of drug-likeness (QED) is 0.797. The number of hydrogen-bond donors (Lipinski definition) is 1. The average molecular weight is 230 g/mol. The van der Waals surface area contributed by atoms with Crippen molar-refractivity contribution < 1.29 is 8.42 Å². The van der Waals surface area contributed by atoms with Crippen LogP contribution in [0.5, 0.6) is 0 Å². The second-order valence-corrected chi connectivity index (χ2v) is 6.33. The predicted molar refractivity (Wildman–Crippen MR) is 61.5 cm³/mol. The monoisotopic (exact) mass is 230 g/mol. The molecule has 0 amide bonds. The van der Waals surface area contributed by atoms with Crippen LogP contribution in [0.2, 0.25) is 0 Å². The maximum absolute atomic E-state index is 11.0. The second-order valence-electron chi connectivity index (χ2n) is 4.07. The molecule has 0 spiro atoms. The molecule has 4 nitrogen and oxygen atoms in total. The van der Waals surface area contributed by atoms with Gasteiger partial charge in [0.15, 0.2) is 0 Å². The minimum Gasteiger partial charge on any atom is -0.353 e. The first kappa shape index (κ1) is 12.3. The highest BCUT2D eigenvalue weighted by Gasteiger charge is 2.04. The van der Waals surface area contributed by atoms with Crippen LogP contribution in [-0.4, -0.2) is 31.0 Å². The molecular formula is C10H18N2O2S. The Kier molecular flexibility index (Phi) is 3.93. The van der Waals surface area contributed by atoms with E-state index < -0.39 is 9.84 Å². The third-order valence-corrected chi connectivity index (χ3v) is 3.01. The summed E-state index contributed by atoms with van der Waals surface area (Å²) >= 11 is 0. The molecule has 0 saturated carbocycles. The van der Waals surface area contributed by atoms with E-state index in [1.165, 1.54) is 6.26 Å². The maximum Gasteiger partial charge on any atom is 0.149 e. The number of aromatic nitrogens is 1. The second kappa shape index (κ2) is 4.81. The molecule has 0 fully saturated rings. The Morgan fingerprint density at radius 3 is 2.73 bits per heavy atom. The highest BCUT2D eigenvalue weighted by molar-refractivity contribution is 7.90. The third kappa shape index (κ3) is 4.99. The van der Waals surface area contributed by atoms with Gasteiger partial charge in [0, 0.05) is 31.2 Å². The van der Waals surface area contributed by atoms with Gasteiger partial charge in [-0.2, -0.15) is 0 Å². The smallest absolute Gasteiger partial charge is 0.149 e. The van der Waals surface area contributed by atoms with Crippen molar-refractivity contribution in [2.75, 3.05) is 12.0 Å². The van der Waals surface area contributed by atoms with Crippen LogP contribution in [0, 0.1) is 0 Å². The molecule has 0 bridgehead atoms.